The molecule has 0 bridgehead atoms. The Morgan fingerprint density at radius 1 is 1.00 bits per heavy atom. The van der Waals surface area contributed by atoms with E-state index in [0.29, 0.717) is 10.9 Å². The molecule has 0 aliphatic carbocycles. The summed E-state index contributed by atoms with van der Waals surface area (Å²) in [6.07, 6.45) is 3.70. The van der Waals surface area contributed by atoms with Crippen LogP contribution in [0.1, 0.15) is 23.5 Å². The minimum absolute atomic E-state index is 0.212. The Morgan fingerprint density at radius 2 is 1.84 bits per heavy atom. The van der Waals surface area contributed by atoms with Gasteiger partial charge in [-0.1, -0.05) is 24.3 Å². The molecule has 1 saturated heterocycles. The van der Waals surface area contributed by atoms with Crippen molar-refractivity contribution in [2.75, 3.05) is 12.0 Å². The molecule has 1 N–H and O–H groups in total. The van der Waals surface area contributed by atoms with Crippen LogP contribution in [0.3, 0.4) is 0 Å². The fourth-order valence-corrected chi connectivity index (χ4v) is 4.58. The minimum Gasteiger partial charge on any atom is -0.495 e. The highest BCUT2D eigenvalue weighted by molar-refractivity contribution is 7.80. The van der Waals surface area contributed by atoms with Crippen LogP contribution in [-0.4, -0.2) is 21.8 Å². The van der Waals surface area contributed by atoms with Crippen LogP contribution in [0.25, 0.3) is 5.69 Å². The average Bonchev–Trinajstić information content (AvgIpc) is 3.44. The molecule has 0 spiro atoms. The number of aromatic nitrogens is 2. The van der Waals surface area contributed by atoms with Gasteiger partial charge in [0.2, 0.25) is 0 Å². The first-order chi connectivity index (χ1) is 15.7. The van der Waals surface area contributed by atoms with Crippen molar-refractivity contribution >= 4 is 23.0 Å². The monoisotopic (exact) mass is 444 g/mol. The van der Waals surface area contributed by atoms with Gasteiger partial charge in [0, 0.05) is 23.8 Å². The number of anilines is 1. The second kappa shape index (κ2) is 8.43. The molecule has 1 fully saturated rings. The van der Waals surface area contributed by atoms with Gasteiger partial charge in [0.15, 0.2) is 5.11 Å². The number of para-hydroxylation sites is 2. The molecule has 2 aromatic heterocycles. The molecule has 2 unspecified atom stereocenters. The molecule has 1 aliphatic rings. The lowest BCUT2D eigenvalue weighted by molar-refractivity contribution is 0.414. The Kier molecular flexibility index (Phi) is 5.33. The molecule has 3 heterocycles. The normalized spacial score (nSPS) is 17.9. The van der Waals surface area contributed by atoms with Gasteiger partial charge in [0.05, 0.1) is 24.5 Å². The van der Waals surface area contributed by atoms with E-state index in [1.807, 2.05) is 71.4 Å². The second-order valence-electron chi connectivity index (χ2n) is 7.45. The zero-order chi connectivity index (χ0) is 22.1. The zero-order valence-corrected chi connectivity index (χ0v) is 18.2. The predicted molar refractivity (Wildman–Crippen MR) is 127 cm³/mol. The molecule has 2 atom stereocenters. The van der Waals surface area contributed by atoms with Crippen molar-refractivity contribution < 1.29 is 9.13 Å². The molecule has 32 heavy (non-hydrogen) atoms. The van der Waals surface area contributed by atoms with Gasteiger partial charge in [-0.15, -0.1) is 0 Å². The van der Waals surface area contributed by atoms with Crippen molar-refractivity contribution in [3.8, 4) is 11.4 Å². The van der Waals surface area contributed by atoms with E-state index in [9.17, 15) is 4.39 Å². The predicted octanol–water partition coefficient (Wildman–Crippen LogP) is 5.20. The van der Waals surface area contributed by atoms with Crippen LogP contribution in [0.15, 0.2) is 91.3 Å². The van der Waals surface area contributed by atoms with E-state index in [4.69, 9.17) is 17.0 Å². The summed E-state index contributed by atoms with van der Waals surface area (Å²) in [7, 11) is 1.64. The number of rotatable bonds is 5. The van der Waals surface area contributed by atoms with Gasteiger partial charge >= 0.3 is 0 Å². The number of ether oxygens (including phenoxy) is 1. The molecule has 5 nitrogen and oxygen atoms in total. The van der Waals surface area contributed by atoms with Gasteiger partial charge in [0.1, 0.15) is 17.6 Å². The molecule has 2 aromatic carbocycles. The SMILES string of the molecule is COc1ccccc1N1C(=S)NC(c2ccccn2)C1c1cccn1-c1cccc(F)c1. The summed E-state index contributed by atoms with van der Waals surface area (Å²) in [5, 5.41) is 4.02. The van der Waals surface area contributed by atoms with Gasteiger partial charge in [-0.3, -0.25) is 4.98 Å². The summed E-state index contributed by atoms with van der Waals surface area (Å²) in [5.74, 6) is 0.428. The largest absolute Gasteiger partial charge is 0.495 e. The molecule has 0 amide bonds. The highest BCUT2D eigenvalue weighted by atomic mass is 32.1. The number of benzene rings is 2. The summed E-state index contributed by atoms with van der Waals surface area (Å²) in [6.45, 7) is 0. The first kappa shape index (κ1) is 20.2. The van der Waals surface area contributed by atoms with Gasteiger partial charge in [0.25, 0.3) is 0 Å². The number of thiocarbonyl (C=S) groups is 1. The van der Waals surface area contributed by atoms with Crippen LogP contribution in [0.2, 0.25) is 0 Å². The Labute approximate surface area is 191 Å². The standard InChI is InChI=1S/C25H21FN4OS/c1-31-22-13-3-2-11-20(22)30-24(23(28-25(30)32)19-10-4-5-14-27-19)21-12-7-15-29(21)18-9-6-8-17(26)16-18/h2-16,23-24H,1H3,(H,28,32). The van der Waals surface area contributed by atoms with Crippen molar-refractivity contribution in [2.45, 2.75) is 12.1 Å². The Bertz CT molecular complexity index is 1260. The second-order valence-corrected chi connectivity index (χ2v) is 7.84. The Hall–Kier alpha value is -3.71. The van der Waals surface area contributed by atoms with Crippen LogP contribution in [-0.2, 0) is 0 Å². The average molecular weight is 445 g/mol. The first-order valence-electron chi connectivity index (χ1n) is 10.2. The fourth-order valence-electron chi connectivity index (χ4n) is 4.24. The Morgan fingerprint density at radius 3 is 2.62 bits per heavy atom. The lowest BCUT2D eigenvalue weighted by Crippen LogP contribution is -2.30. The summed E-state index contributed by atoms with van der Waals surface area (Å²) < 4.78 is 21.7. The minimum atomic E-state index is -0.287. The number of hydrogen-bond acceptors (Lipinski definition) is 3. The van der Waals surface area contributed by atoms with Crippen LogP contribution in [0.4, 0.5) is 10.1 Å². The van der Waals surface area contributed by atoms with Crippen molar-refractivity contribution in [3.05, 3.63) is 108 Å². The van der Waals surface area contributed by atoms with E-state index in [1.165, 1.54) is 12.1 Å². The third kappa shape index (κ3) is 3.50. The maximum absolute atomic E-state index is 14.0. The van der Waals surface area contributed by atoms with Crippen molar-refractivity contribution in [3.63, 3.8) is 0 Å². The summed E-state index contributed by atoms with van der Waals surface area (Å²) in [6, 6.07) is 23.7. The summed E-state index contributed by atoms with van der Waals surface area (Å²) >= 11 is 5.80. The topological polar surface area (TPSA) is 42.3 Å². The number of pyridine rings is 1. The lowest BCUT2D eigenvalue weighted by Gasteiger charge is -2.29. The van der Waals surface area contributed by atoms with Crippen molar-refractivity contribution in [1.82, 2.24) is 14.9 Å². The van der Waals surface area contributed by atoms with Gasteiger partial charge in [-0.05, 0) is 66.8 Å². The van der Waals surface area contributed by atoms with Gasteiger partial charge in [-0.2, -0.15) is 0 Å². The molecule has 5 rings (SSSR count). The molecule has 1 aliphatic heterocycles. The molecule has 0 saturated carbocycles. The number of halogens is 1. The quantitative estimate of drug-likeness (QED) is 0.429. The van der Waals surface area contributed by atoms with Crippen LogP contribution in [0, 0.1) is 5.82 Å². The smallest absolute Gasteiger partial charge is 0.174 e. The Balaban J connectivity index is 1.70. The third-order valence-electron chi connectivity index (χ3n) is 5.61. The van der Waals surface area contributed by atoms with E-state index in [-0.39, 0.29) is 17.9 Å². The number of methoxy groups -OCH3 is 1. The maximum Gasteiger partial charge on any atom is 0.174 e. The van der Waals surface area contributed by atoms with E-state index in [1.54, 1.807) is 19.4 Å². The van der Waals surface area contributed by atoms with Gasteiger partial charge in [-0.25, -0.2) is 4.39 Å². The molecule has 7 heteroatoms. The van der Waals surface area contributed by atoms with Crippen molar-refractivity contribution in [2.24, 2.45) is 0 Å². The van der Waals surface area contributed by atoms with E-state index in [2.05, 4.69) is 15.2 Å². The number of nitrogens with one attached hydrogen (secondary N) is 1. The molecule has 0 radical (unpaired) electrons. The van der Waals surface area contributed by atoms with E-state index >= 15 is 0 Å². The van der Waals surface area contributed by atoms with Crippen LogP contribution in [0.5, 0.6) is 5.75 Å². The summed E-state index contributed by atoms with van der Waals surface area (Å²) in [4.78, 5) is 6.65. The lowest BCUT2D eigenvalue weighted by atomic mass is 10.0. The molecular weight excluding hydrogens is 423 g/mol. The summed E-state index contributed by atoms with van der Waals surface area (Å²) in [5.41, 5.74) is 3.40. The number of hydrogen-bond donors (Lipinski definition) is 1. The van der Waals surface area contributed by atoms with Crippen molar-refractivity contribution in [1.29, 1.82) is 0 Å². The molecule has 160 valence electrons. The zero-order valence-electron chi connectivity index (χ0n) is 17.4. The highest BCUT2D eigenvalue weighted by Crippen LogP contribution is 2.44. The van der Waals surface area contributed by atoms with Gasteiger partial charge < -0.3 is 19.5 Å². The van der Waals surface area contributed by atoms with Crippen LogP contribution < -0.4 is 15.0 Å². The molecule has 4 aromatic rings. The first-order valence-corrected chi connectivity index (χ1v) is 10.6. The maximum atomic E-state index is 14.0. The van der Waals surface area contributed by atoms with Crippen LogP contribution >= 0.6 is 12.2 Å². The highest BCUT2D eigenvalue weighted by Gasteiger charge is 2.43. The van der Waals surface area contributed by atoms with E-state index < -0.39 is 0 Å². The van der Waals surface area contributed by atoms with E-state index in [0.717, 1.165) is 22.8 Å². The fraction of sp³-hybridized carbons (Fsp3) is 0.120. The molecular formula is C25H21FN4OS. The number of nitrogens with zero attached hydrogens (tertiary/aromatic N) is 3. The third-order valence-corrected chi connectivity index (χ3v) is 5.93.